The number of nitrogens with one attached hydrogen (secondary N) is 1. The number of hydrogen-bond acceptors (Lipinski definition) is 4. The summed E-state index contributed by atoms with van der Waals surface area (Å²) >= 11 is 0. The molecule has 3 rings (SSSR count). The minimum absolute atomic E-state index is 0.133. The molecule has 1 aromatic carbocycles. The lowest BCUT2D eigenvalue weighted by atomic mass is 10.0. The number of amides is 1. The average molecular weight is 318 g/mol. The maximum absolute atomic E-state index is 12.2. The van der Waals surface area contributed by atoms with Gasteiger partial charge in [-0.05, 0) is 49.9 Å². The molecular weight excluding hydrogens is 292 g/mol. The Labute approximate surface area is 137 Å². The van der Waals surface area contributed by atoms with Crippen LogP contribution in [0.2, 0.25) is 0 Å². The van der Waals surface area contributed by atoms with Gasteiger partial charge in [0.05, 0.1) is 11.7 Å². The van der Waals surface area contributed by atoms with E-state index in [4.69, 9.17) is 0 Å². The molecule has 1 aliphatic carbocycles. The van der Waals surface area contributed by atoms with Crippen molar-refractivity contribution in [1.82, 2.24) is 5.32 Å². The van der Waals surface area contributed by atoms with Crippen molar-refractivity contribution >= 4 is 11.6 Å². The third-order valence-corrected chi connectivity index (χ3v) is 5.07. The van der Waals surface area contributed by atoms with E-state index in [2.05, 4.69) is 10.2 Å². The molecule has 1 saturated heterocycles. The molecule has 0 bridgehead atoms. The van der Waals surface area contributed by atoms with Gasteiger partial charge in [0.15, 0.2) is 0 Å². The monoisotopic (exact) mass is 318 g/mol. The normalized spacial score (nSPS) is 21.4. The first-order valence-corrected chi connectivity index (χ1v) is 8.59. The zero-order valence-corrected chi connectivity index (χ0v) is 13.5. The lowest BCUT2D eigenvalue weighted by molar-refractivity contribution is 0.0449. The van der Waals surface area contributed by atoms with Crippen molar-refractivity contribution in [1.29, 1.82) is 0 Å². The summed E-state index contributed by atoms with van der Waals surface area (Å²) in [6, 6.07) is 7.57. The van der Waals surface area contributed by atoms with Crippen molar-refractivity contribution < 1.29 is 15.0 Å². The number of carbonyl (C=O) groups is 1. The predicted octanol–water partition coefficient (Wildman–Crippen LogP) is 1.68. The summed E-state index contributed by atoms with van der Waals surface area (Å²) in [5, 5.41) is 22.7. The fourth-order valence-corrected chi connectivity index (χ4v) is 3.50. The van der Waals surface area contributed by atoms with Gasteiger partial charge < -0.3 is 20.4 Å². The number of aliphatic hydroxyl groups is 2. The lowest BCUT2D eigenvalue weighted by Crippen LogP contribution is -2.40. The Bertz CT molecular complexity index is 530. The van der Waals surface area contributed by atoms with Crippen molar-refractivity contribution in [3.63, 3.8) is 0 Å². The molecule has 3 N–H and O–H groups in total. The van der Waals surface area contributed by atoms with E-state index in [1.165, 1.54) is 0 Å². The molecule has 1 aromatic rings. The molecule has 0 spiro atoms. The number of carbonyl (C=O) groups excluding carboxylic acids is 1. The Morgan fingerprint density at radius 3 is 2.39 bits per heavy atom. The van der Waals surface area contributed by atoms with Crippen molar-refractivity contribution in [2.24, 2.45) is 0 Å². The van der Waals surface area contributed by atoms with Crippen LogP contribution in [0.4, 0.5) is 5.69 Å². The van der Waals surface area contributed by atoms with Crippen LogP contribution < -0.4 is 10.2 Å². The topological polar surface area (TPSA) is 72.8 Å². The molecule has 2 fully saturated rings. The first-order chi connectivity index (χ1) is 11.1. The molecule has 1 saturated carbocycles. The smallest absolute Gasteiger partial charge is 0.251 e. The molecule has 23 heavy (non-hydrogen) atoms. The Morgan fingerprint density at radius 1 is 1.17 bits per heavy atom. The third-order valence-electron chi connectivity index (χ3n) is 5.07. The van der Waals surface area contributed by atoms with Gasteiger partial charge in [0.2, 0.25) is 0 Å². The summed E-state index contributed by atoms with van der Waals surface area (Å²) in [7, 11) is 0. The van der Waals surface area contributed by atoms with Crippen LogP contribution in [0.25, 0.3) is 0 Å². The maximum Gasteiger partial charge on any atom is 0.251 e. The van der Waals surface area contributed by atoms with Gasteiger partial charge in [-0.1, -0.05) is 12.8 Å². The molecule has 0 radical (unpaired) electrons. The SMILES string of the molecule is O=C(NCC1(O)CCCC1)c1ccc(N2CCC(O)CC2)cc1. The van der Waals surface area contributed by atoms with Crippen molar-refractivity contribution in [3.8, 4) is 0 Å². The number of nitrogens with zero attached hydrogens (tertiary/aromatic N) is 1. The first-order valence-electron chi connectivity index (χ1n) is 8.59. The van der Waals surface area contributed by atoms with E-state index in [1.54, 1.807) is 0 Å². The van der Waals surface area contributed by atoms with Crippen LogP contribution in [0.3, 0.4) is 0 Å². The fourth-order valence-electron chi connectivity index (χ4n) is 3.50. The molecule has 0 atom stereocenters. The van der Waals surface area contributed by atoms with E-state index in [-0.39, 0.29) is 12.0 Å². The van der Waals surface area contributed by atoms with Crippen LogP contribution in [0.15, 0.2) is 24.3 Å². The number of benzene rings is 1. The molecule has 1 aliphatic heterocycles. The second kappa shape index (κ2) is 6.89. The van der Waals surface area contributed by atoms with Gasteiger partial charge in [-0.25, -0.2) is 0 Å². The average Bonchev–Trinajstić information content (AvgIpc) is 3.01. The highest BCUT2D eigenvalue weighted by Crippen LogP contribution is 2.28. The molecule has 0 unspecified atom stereocenters. The van der Waals surface area contributed by atoms with Gasteiger partial charge in [0.25, 0.3) is 5.91 Å². The van der Waals surface area contributed by atoms with Crippen LogP contribution in [0.5, 0.6) is 0 Å². The minimum atomic E-state index is -0.718. The van der Waals surface area contributed by atoms with Crippen LogP contribution in [-0.2, 0) is 0 Å². The molecule has 2 aliphatic rings. The summed E-state index contributed by atoms with van der Waals surface area (Å²) < 4.78 is 0. The van der Waals surface area contributed by atoms with E-state index in [9.17, 15) is 15.0 Å². The number of anilines is 1. The standard InChI is InChI=1S/C18H26N2O3/c21-16-7-11-20(12-8-16)15-5-3-14(4-6-15)17(22)19-13-18(23)9-1-2-10-18/h3-6,16,21,23H,1-2,7-13H2,(H,19,22). The number of hydrogen-bond donors (Lipinski definition) is 3. The highest BCUT2D eigenvalue weighted by molar-refractivity contribution is 5.94. The molecular formula is C18H26N2O3. The Morgan fingerprint density at radius 2 is 1.78 bits per heavy atom. The molecule has 5 heteroatoms. The van der Waals surface area contributed by atoms with Crippen LogP contribution in [0.1, 0.15) is 48.9 Å². The summed E-state index contributed by atoms with van der Waals surface area (Å²) in [6.07, 6.45) is 5.01. The van der Waals surface area contributed by atoms with Crippen LogP contribution >= 0.6 is 0 Å². The predicted molar refractivity (Wildman–Crippen MR) is 89.6 cm³/mol. The largest absolute Gasteiger partial charge is 0.393 e. The van der Waals surface area contributed by atoms with Crippen LogP contribution in [-0.4, -0.2) is 47.5 Å². The highest BCUT2D eigenvalue weighted by Gasteiger charge is 2.31. The quantitative estimate of drug-likeness (QED) is 0.790. The molecule has 5 nitrogen and oxygen atoms in total. The van der Waals surface area contributed by atoms with E-state index in [0.29, 0.717) is 12.1 Å². The van der Waals surface area contributed by atoms with Gasteiger partial charge >= 0.3 is 0 Å². The first kappa shape index (κ1) is 16.3. The van der Waals surface area contributed by atoms with E-state index in [1.807, 2.05) is 24.3 Å². The van der Waals surface area contributed by atoms with Crippen molar-refractivity contribution in [2.45, 2.75) is 50.2 Å². The summed E-state index contributed by atoms with van der Waals surface area (Å²) in [5.41, 5.74) is 0.986. The lowest BCUT2D eigenvalue weighted by Gasteiger charge is -2.31. The second-order valence-corrected chi connectivity index (χ2v) is 6.88. The zero-order valence-electron chi connectivity index (χ0n) is 13.5. The summed E-state index contributed by atoms with van der Waals surface area (Å²) in [4.78, 5) is 14.4. The fraction of sp³-hybridized carbons (Fsp3) is 0.611. The summed E-state index contributed by atoms with van der Waals surface area (Å²) in [6.45, 7) is 2.02. The van der Waals surface area contributed by atoms with E-state index < -0.39 is 5.60 Å². The second-order valence-electron chi connectivity index (χ2n) is 6.88. The van der Waals surface area contributed by atoms with Gasteiger partial charge in [-0.15, -0.1) is 0 Å². The molecule has 0 aromatic heterocycles. The number of rotatable bonds is 4. The van der Waals surface area contributed by atoms with Crippen molar-refractivity contribution in [3.05, 3.63) is 29.8 Å². The third kappa shape index (κ3) is 4.03. The number of piperidine rings is 1. The van der Waals surface area contributed by atoms with Crippen LogP contribution in [0, 0.1) is 0 Å². The highest BCUT2D eigenvalue weighted by atomic mass is 16.3. The van der Waals surface area contributed by atoms with Crippen molar-refractivity contribution in [2.75, 3.05) is 24.5 Å². The Balaban J connectivity index is 1.55. The maximum atomic E-state index is 12.2. The minimum Gasteiger partial charge on any atom is -0.393 e. The Hall–Kier alpha value is -1.59. The zero-order chi connectivity index (χ0) is 16.3. The Kier molecular flexibility index (Phi) is 4.87. The van der Waals surface area contributed by atoms with Gasteiger partial charge in [-0.2, -0.15) is 0 Å². The molecule has 1 heterocycles. The molecule has 1 amide bonds. The summed E-state index contributed by atoms with van der Waals surface area (Å²) in [5.74, 6) is -0.133. The van der Waals surface area contributed by atoms with Gasteiger partial charge in [0, 0.05) is 30.9 Å². The van der Waals surface area contributed by atoms with Gasteiger partial charge in [-0.3, -0.25) is 4.79 Å². The van der Waals surface area contributed by atoms with Gasteiger partial charge in [0.1, 0.15) is 0 Å². The van der Waals surface area contributed by atoms with E-state index in [0.717, 1.165) is 57.3 Å². The molecule has 126 valence electrons. The number of aliphatic hydroxyl groups excluding tert-OH is 1. The van der Waals surface area contributed by atoms with E-state index >= 15 is 0 Å².